The number of esters is 4. The van der Waals surface area contributed by atoms with Crippen LogP contribution in [0.15, 0.2) is 12.1 Å². The second-order valence-corrected chi connectivity index (χ2v) is 14.9. The van der Waals surface area contributed by atoms with Gasteiger partial charge in [0.25, 0.3) is 0 Å². The number of benzene rings is 2. The molecule has 2 rings (SSSR count). The first-order chi connectivity index (χ1) is 21.1. The molecule has 0 aliphatic heterocycles. The molecular weight excluding hydrogens is 725 g/mol. The summed E-state index contributed by atoms with van der Waals surface area (Å²) in [5, 5.41) is -1.57. The highest BCUT2D eigenvalue weighted by Gasteiger charge is 2.33. The summed E-state index contributed by atoms with van der Waals surface area (Å²) in [6.07, 6.45) is 1.02. The number of carbonyl (C=O) groups is 4. The zero-order valence-corrected chi connectivity index (χ0v) is 31.2. The second kappa shape index (κ2) is 16.4. The third-order valence-electron chi connectivity index (χ3n) is 8.30. The molecule has 0 fully saturated rings. The Labute approximate surface area is 299 Å². The fourth-order valence-electron chi connectivity index (χ4n) is 3.53. The van der Waals surface area contributed by atoms with E-state index in [1.54, 1.807) is 0 Å². The summed E-state index contributed by atoms with van der Waals surface area (Å²) >= 11 is 37.3. The van der Waals surface area contributed by atoms with Gasteiger partial charge in [0.05, 0.1) is 43.3 Å². The van der Waals surface area contributed by atoms with Gasteiger partial charge in [-0.3, -0.25) is 0 Å². The van der Waals surface area contributed by atoms with Crippen LogP contribution in [0, 0.1) is 22.7 Å². The molecular formula is C32H36Cl6O8. The van der Waals surface area contributed by atoms with Crippen molar-refractivity contribution in [3.63, 3.8) is 0 Å². The summed E-state index contributed by atoms with van der Waals surface area (Å²) in [7, 11) is 0. The third-order valence-corrected chi connectivity index (χ3v) is 10.4. The minimum atomic E-state index is -1.66. The van der Waals surface area contributed by atoms with Gasteiger partial charge in [-0.1, -0.05) is 125 Å². The van der Waals surface area contributed by atoms with Gasteiger partial charge < -0.3 is 18.9 Å². The number of rotatable bonds is 12. The molecule has 2 aromatic carbocycles. The highest BCUT2D eigenvalue weighted by atomic mass is 35.5. The highest BCUT2D eigenvalue weighted by molar-refractivity contribution is 6.47. The van der Waals surface area contributed by atoms with Crippen molar-refractivity contribution < 1.29 is 38.1 Å². The molecule has 0 saturated heterocycles. The molecule has 0 N–H and O–H groups in total. The van der Waals surface area contributed by atoms with Gasteiger partial charge in [-0.05, 0) is 47.6 Å². The normalized spacial score (nSPS) is 11.9. The van der Waals surface area contributed by atoms with Crippen molar-refractivity contribution in [2.24, 2.45) is 22.7 Å². The van der Waals surface area contributed by atoms with E-state index in [0.29, 0.717) is 24.7 Å². The average molecular weight is 761 g/mol. The van der Waals surface area contributed by atoms with Crippen LogP contribution in [0.1, 0.15) is 88.9 Å². The first-order valence-corrected chi connectivity index (χ1v) is 16.5. The van der Waals surface area contributed by atoms with E-state index in [0.717, 1.165) is 12.1 Å². The van der Waals surface area contributed by atoms with E-state index in [1.807, 2.05) is 55.4 Å². The van der Waals surface area contributed by atoms with Crippen LogP contribution in [-0.4, -0.2) is 37.1 Å². The van der Waals surface area contributed by atoms with E-state index in [-0.39, 0.29) is 54.2 Å². The monoisotopic (exact) mass is 758 g/mol. The van der Waals surface area contributed by atoms with Gasteiger partial charge in [-0.15, -0.1) is 0 Å². The number of halogens is 6. The zero-order chi connectivity index (χ0) is 35.3. The molecule has 0 spiro atoms. The van der Waals surface area contributed by atoms with E-state index in [9.17, 15) is 19.2 Å². The Morgan fingerprint density at radius 3 is 1.17 bits per heavy atom. The van der Waals surface area contributed by atoms with Gasteiger partial charge in [0, 0.05) is 0 Å². The van der Waals surface area contributed by atoms with Crippen LogP contribution in [-0.2, 0) is 19.1 Å². The number of ether oxygens (including phenoxy) is 4. The van der Waals surface area contributed by atoms with Crippen molar-refractivity contribution >= 4 is 93.5 Å². The summed E-state index contributed by atoms with van der Waals surface area (Å²) in [6, 6.07) is 2.23. The smallest absolute Gasteiger partial charge is 0.423 e. The molecule has 0 unspecified atom stereocenters. The lowest BCUT2D eigenvalue weighted by Gasteiger charge is -2.28. The van der Waals surface area contributed by atoms with E-state index in [2.05, 4.69) is 0 Å². The molecule has 8 nitrogen and oxygen atoms in total. The molecule has 0 aliphatic carbocycles. The zero-order valence-electron chi connectivity index (χ0n) is 26.7. The predicted octanol–water partition coefficient (Wildman–Crippen LogP) is 10.6. The first kappa shape index (κ1) is 40.2. The topological polar surface area (TPSA) is 105 Å². The maximum atomic E-state index is 13.1. The van der Waals surface area contributed by atoms with Crippen molar-refractivity contribution in [3.05, 3.63) is 53.4 Å². The molecule has 0 aliphatic rings. The maximum Gasteiger partial charge on any atom is 0.423 e. The Morgan fingerprint density at radius 1 is 0.587 bits per heavy atom. The predicted molar refractivity (Wildman–Crippen MR) is 181 cm³/mol. The first-order valence-electron chi connectivity index (χ1n) is 14.3. The van der Waals surface area contributed by atoms with E-state index >= 15 is 0 Å². The summed E-state index contributed by atoms with van der Waals surface area (Å²) in [4.78, 5) is 52.1. The Bertz CT molecular complexity index is 1390. The van der Waals surface area contributed by atoms with Crippen LogP contribution in [0.3, 0.4) is 0 Å². The molecule has 14 heteroatoms. The van der Waals surface area contributed by atoms with Gasteiger partial charge in [-0.2, -0.15) is 0 Å². The molecule has 0 heterocycles. The molecule has 0 saturated carbocycles. The summed E-state index contributed by atoms with van der Waals surface area (Å²) in [5.74, 6) is -5.92. The van der Waals surface area contributed by atoms with Crippen LogP contribution >= 0.6 is 69.6 Å². The molecule has 0 bridgehead atoms. The lowest BCUT2D eigenvalue weighted by molar-refractivity contribution is -0.156. The Balaban J connectivity index is 2.34. The number of carbonyl (C=O) groups excluding carboxylic acids is 4. The SMILES string of the molecule is CC(C)C(C)(C)CCOC(=O)c1c(Cl)c(Cl)cc(Cl)c1OC(=O)C(=O)Oc1c(Cl)cc(Cl)c(Cl)c1C(=O)OCCC(C)(C)C(C)C. The van der Waals surface area contributed by atoms with Crippen LogP contribution in [0.25, 0.3) is 0 Å². The summed E-state index contributed by atoms with van der Waals surface area (Å²) in [6.45, 7) is 16.2. The standard InChI is InChI=1S/C32H36Cl6O8/c1-15(2)31(5,6)9-11-43-27(39)21-23(37)17(33)13-19(35)25(21)45-29(41)30(42)46-26-20(36)14-18(34)24(38)22(26)28(40)44-12-10-32(7,8)16(3)4/h13-16H,9-12H2,1-8H3. The van der Waals surface area contributed by atoms with Gasteiger partial charge in [0.2, 0.25) is 0 Å². The van der Waals surface area contributed by atoms with Crippen molar-refractivity contribution in [2.45, 2.75) is 68.2 Å². The molecule has 2 aromatic rings. The Morgan fingerprint density at radius 2 is 0.891 bits per heavy atom. The Hall–Kier alpha value is -1.94. The molecule has 254 valence electrons. The van der Waals surface area contributed by atoms with Gasteiger partial charge >= 0.3 is 23.9 Å². The summed E-state index contributed by atoms with van der Waals surface area (Å²) < 4.78 is 21.1. The Kier molecular flexibility index (Phi) is 14.4. The maximum absolute atomic E-state index is 13.1. The minimum absolute atomic E-state index is 0.00354. The number of hydrogen-bond acceptors (Lipinski definition) is 8. The minimum Gasteiger partial charge on any atom is -0.462 e. The van der Waals surface area contributed by atoms with E-state index in [1.165, 1.54) is 0 Å². The number of hydrogen-bond donors (Lipinski definition) is 0. The molecule has 0 aromatic heterocycles. The van der Waals surface area contributed by atoms with Crippen molar-refractivity contribution in [1.29, 1.82) is 0 Å². The molecule has 0 atom stereocenters. The van der Waals surface area contributed by atoms with Crippen LogP contribution in [0.5, 0.6) is 11.5 Å². The fourth-order valence-corrected chi connectivity index (χ4v) is 4.96. The average Bonchev–Trinajstić information content (AvgIpc) is 2.94. The largest absolute Gasteiger partial charge is 0.462 e. The van der Waals surface area contributed by atoms with E-state index in [4.69, 9.17) is 88.6 Å². The van der Waals surface area contributed by atoms with Crippen molar-refractivity contribution in [1.82, 2.24) is 0 Å². The van der Waals surface area contributed by atoms with Crippen molar-refractivity contribution in [3.8, 4) is 11.5 Å². The fraction of sp³-hybridized carbons (Fsp3) is 0.500. The van der Waals surface area contributed by atoms with Gasteiger partial charge in [-0.25, -0.2) is 19.2 Å². The quantitative estimate of drug-likeness (QED) is 0.0911. The van der Waals surface area contributed by atoms with Gasteiger partial charge in [0.1, 0.15) is 11.1 Å². The highest BCUT2D eigenvalue weighted by Crippen LogP contribution is 2.42. The van der Waals surface area contributed by atoms with Crippen molar-refractivity contribution in [2.75, 3.05) is 13.2 Å². The van der Waals surface area contributed by atoms with E-state index < -0.39 is 46.5 Å². The van der Waals surface area contributed by atoms with Crippen LogP contribution in [0.2, 0.25) is 30.1 Å². The summed E-state index contributed by atoms with van der Waals surface area (Å²) in [5.41, 5.74) is -1.28. The second-order valence-electron chi connectivity index (χ2n) is 12.6. The lowest BCUT2D eigenvalue weighted by Crippen LogP contribution is -2.28. The lowest BCUT2D eigenvalue weighted by atomic mass is 9.79. The van der Waals surface area contributed by atoms with Crippen LogP contribution in [0.4, 0.5) is 0 Å². The molecule has 46 heavy (non-hydrogen) atoms. The van der Waals surface area contributed by atoms with Crippen LogP contribution < -0.4 is 9.47 Å². The molecule has 0 amide bonds. The molecule has 0 radical (unpaired) electrons. The third kappa shape index (κ3) is 10.0. The van der Waals surface area contributed by atoms with Gasteiger partial charge in [0.15, 0.2) is 11.5 Å².